The molecular formula is C48H31NO. The van der Waals surface area contributed by atoms with Crippen molar-refractivity contribution in [2.75, 3.05) is 4.90 Å². The van der Waals surface area contributed by atoms with Crippen LogP contribution in [0.15, 0.2) is 192 Å². The standard InChI is InChI=1S/C48H31NO/c1-4-17-37-32(13-1)15-11-25-45(37)49(35-29-27-33(28-30-35)38-22-12-23-43-42-21-8-10-26-47(42)50-48(38)43)46-24-9-7-20-41(46)44-31-34-14-2-3-16-36(34)39-18-5-6-19-40(39)44/h1-31H. The van der Waals surface area contributed by atoms with Gasteiger partial charge in [0.1, 0.15) is 11.2 Å². The van der Waals surface area contributed by atoms with E-state index in [9.17, 15) is 0 Å². The Morgan fingerprint density at radius 3 is 1.78 bits per heavy atom. The molecule has 50 heavy (non-hydrogen) atoms. The Hall–Kier alpha value is -6.64. The molecule has 10 aromatic rings. The van der Waals surface area contributed by atoms with Gasteiger partial charge >= 0.3 is 0 Å². The number of hydrogen-bond donors (Lipinski definition) is 0. The largest absolute Gasteiger partial charge is 0.455 e. The molecule has 0 N–H and O–H groups in total. The first kappa shape index (κ1) is 28.4. The Morgan fingerprint density at radius 1 is 0.340 bits per heavy atom. The Bertz CT molecular complexity index is 2870. The molecule has 0 saturated heterocycles. The van der Waals surface area contributed by atoms with Crippen molar-refractivity contribution in [2.24, 2.45) is 0 Å². The zero-order chi connectivity index (χ0) is 33.0. The zero-order valence-corrected chi connectivity index (χ0v) is 27.3. The fourth-order valence-corrected chi connectivity index (χ4v) is 7.75. The third kappa shape index (κ3) is 4.50. The minimum atomic E-state index is 0.909. The molecule has 0 saturated carbocycles. The molecule has 0 spiro atoms. The topological polar surface area (TPSA) is 16.4 Å². The first-order valence-electron chi connectivity index (χ1n) is 17.1. The lowest BCUT2D eigenvalue weighted by Crippen LogP contribution is -2.11. The van der Waals surface area contributed by atoms with Crippen molar-refractivity contribution in [2.45, 2.75) is 0 Å². The maximum Gasteiger partial charge on any atom is 0.143 e. The van der Waals surface area contributed by atoms with Crippen molar-refractivity contribution in [3.05, 3.63) is 188 Å². The van der Waals surface area contributed by atoms with Gasteiger partial charge in [-0.15, -0.1) is 0 Å². The highest BCUT2D eigenvalue weighted by atomic mass is 16.3. The van der Waals surface area contributed by atoms with Crippen molar-refractivity contribution in [1.29, 1.82) is 0 Å². The van der Waals surface area contributed by atoms with Crippen LogP contribution in [-0.2, 0) is 0 Å². The molecule has 10 rings (SSSR count). The molecule has 0 fully saturated rings. The molecule has 234 valence electrons. The van der Waals surface area contributed by atoms with Crippen LogP contribution in [0, 0.1) is 0 Å². The number of para-hydroxylation sites is 3. The molecule has 0 atom stereocenters. The molecule has 0 bridgehead atoms. The SMILES string of the molecule is c1ccc(N(c2ccc(-c3cccc4c3oc3ccccc34)cc2)c2cccc3ccccc23)c(-c2cc3ccccc3c3ccccc23)c1. The smallest absolute Gasteiger partial charge is 0.143 e. The highest BCUT2D eigenvalue weighted by molar-refractivity contribution is 6.15. The molecule has 2 heteroatoms. The number of anilines is 3. The average molecular weight is 638 g/mol. The Balaban J connectivity index is 1.20. The fraction of sp³-hybridized carbons (Fsp3) is 0. The molecule has 0 radical (unpaired) electrons. The molecule has 0 aliphatic heterocycles. The van der Waals surface area contributed by atoms with Gasteiger partial charge in [0.15, 0.2) is 0 Å². The maximum atomic E-state index is 6.42. The molecule has 9 aromatic carbocycles. The first-order chi connectivity index (χ1) is 24.8. The highest BCUT2D eigenvalue weighted by Gasteiger charge is 2.21. The average Bonchev–Trinajstić information content (AvgIpc) is 3.57. The van der Waals surface area contributed by atoms with Gasteiger partial charge in [0, 0.05) is 33.0 Å². The lowest BCUT2D eigenvalue weighted by atomic mass is 9.92. The summed E-state index contributed by atoms with van der Waals surface area (Å²) >= 11 is 0. The minimum absolute atomic E-state index is 0.909. The van der Waals surface area contributed by atoms with E-state index < -0.39 is 0 Å². The number of furan rings is 1. The van der Waals surface area contributed by atoms with Crippen LogP contribution in [0.5, 0.6) is 0 Å². The Labute approximate surface area is 290 Å². The number of nitrogens with zero attached hydrogens (tertiary/aromatic N) is 1. The molecule has 0 aliphatic carbocycles. The van der Waals surface area contributed by atoms with Crippen molar-refractivity contribution >= 4 is 71.3 Å². The van der Waals surface area contributed by atoms with Crippen molar-refractivity contribution in [3.8, 4) is 22.3 Å². The van der Waals surface area contributed by atoms with Crippen LogP contribution < -0.4 is 4.90 Å². The Morgan fingerprint density at radius 2 is 0.920 bits per heavy atom. The second-order valence-electron chi connectivity index (χ2n) is 12.9. The van der Waals surface area contributed by atoms with Crippen molar-refractivity contribution < 1.29 is 4.42 Å². The first-order valence-corrected chi connectivity index (χ1v) is 17.1. The predicted octanol–water partition coefficient (Wildman–Crippen LogP) is 13.8. The van der Waals surface area contributed by atoms with Crippen molar-refractivity contribution in [3.63, 3.8) is 0 Å². The van der Waals surface area contributed by atoms with Gasteiger partial charge in [0.2, 0.25) is 0 Å². The van der Waals surface area contributed by atoms with Gasteiger partial charge < -0.3 is 9.32 Å². The summed E-state index contributed by atoms with van der Waals surface area (Å²) in [5, 5.41) is 9.68. The van der Waals surface area contributed by atoms with E-state index in [2.05, 4.69) is 181 Å². The van der Waals surface area contributed by atoms with Gasteiger partial charge in [-0.1, -0.05) is 152 Å². The van der Waals surface area contributed by atoms with Crippen molar-refractivity contribution in [1.82, 2.24) is 0 Å². The summed E-state index contributed by atoms with van der Waals surface area (Å²) in [6.07, 6.45) is 0. The number of hydrogen-bond acceptors (Lipinski definition) is 2. The predicted molar refractivity (Wildman–Crippen MR) is 212 cm³/mol. The summed E-state index contributed by atoms with van der Waals surface area (Å²) in [7, 11) is 0. The number of benzene rings is 9. The molecule has 1 aromatic heterocycles. The molecule has 0 aliphatic rings. The third-order valence-corrected chi connectivity index (χ3v) is 10.1. The van der Waals surface area contributed by atoms with Crippen LogP contribution in [0.4, 0.5) is 17.1 Å². The van der Waals surface area contributed by atoms with E-state index in [1.165, 1.54) is 43.4 Å². The van der Waals surface area contributed by atoms with E-state index in [1.807, 2.05) is 12.1 Å². The highest BCUT2D eigenvalue weighted by Crippen LogP contribution is 2.46. The van der Waals surface area contributed by atoms with Gasteiger partial charge in [-0.05, 0) is 74.5 Å². The van der Waals surface area contributed by atoms with Crippen LogP contribution in [0.25, 0.3) is 76.5 Å². The molecule has 1 heterocycles. The van der Waals surface area contributed by atoms with Crippen LogP contribution in [0.1, 0.15) is 0 Å². The van der Waals surface area contributed by atoms with Gasteiger partial charge in [-0.3, -0.25) is 0 Å². The van der Waals surface area contributed by atoms with E-state index in [4.69, 9.17) is 4.42 Å². The second kappa shape index (κ2) is 11.5. The fourth-order valence-electron chi connectivity index (χ4n) is 7.75. The monoisotopic (exact) mass is 637 g/mol. The number of fused-ring (bicyclic) bond motifs is 7. The molecule has 2 nitrogen and oxygen atoms in total. The number of rotatable bonds is 5. The van der Waals surface area contributed by atoms with E-state index in [0.29, 0.717) is 0 Å². The summed E-state index contributed by atoms with van der Waals surface area (Å²) in [4.78, 5) is 2.42. The molecule has 0 amide bonds. The summed E-state index contributed by atoms with van der Waals surface area (Å²) in [5.74, 6) is 0. The van der Waals surface area contributed by atoms with Gasteiger partial charge in [-0.2, -0.15) is 0 Å². The minimum Gasteiger partial charge on any atom is -0.455 e. The summed E-state index contributed by atoms with van der Waals surface area (Å²) in [5.41, 5.74) is 9.76. The van der Waals surface area contributed by atoms with Crippen LogP contribution in [0.3, 0.4) is 0 Å². The van der Waals surface area contributed by atoms with E-state index >= 15 is 0 Å². The maximum absolute atomic E-state index is 6.42. The molecular weight excluding hydrogens is 607 g/mol. The lowest BCUT2D eigenvalue weighted by molar-refractivity contribution is 0.670. The van der Waals surface area contributed by atoms with E-state index in [0.717, 1.165) is 50.1 Å². The lowest BCUT2D eigenvalue weighted by Gasteiger charge is -2.29. The van der Waals surface area contributed by atoms with Gasteiger partial charge in [0.05, 0.1) is 11.4 Å². The van der Waals surface area contributed by atoms with Gasteiger partial charge in [0.25, 0.3) is 0 Å². The Kier molecular flexibility index (Phi) is 6.53. The zero-order valence-electron chi connectivity index (χ0n) is 27.3. The van der Waals surface area contributed by atoms with Crippen LogP contribution in [0.2, 0.25) is 0 Å². The van der Waals surface area contributed by atoms with Gasteiger partial charge in [-0.25, -0.2) is 0 Å². The summed E-state index contributed by atoms with van der Waals surface area (Å²) in [6.45, 7) is 0. The second-order valence-corrected chi connectivity index (χ2v) is 12.9. The summed E-state index contributed by atoms with van der Waals surface area (Å²) < 4.78 is 6.42. The van der Waals surface area contributed by atoms with Crippen LogP contribution in [-0.4, -0.2) is 0 Å². The van der Waals surface area contributed by atoms with Crippen LogP contribution >= 0.6 is 0 Å². The molecule has 0 unspecified atom stereocenters. The normalized spacial score (nSPS) is 11.6. The summed E-state index contributed by atoms with van der Waals surface area (Å²) in [6, 6.07) is 67.5. The third-order valence-electron chi connectivity index (χ3n) is 10.1. The quantitative estimate of drug-likeness (QED) is 0.175. The van der Waals surface area contributed by atoms with E-state index in [-0.39, 0.29) is 0 Å². The van der Waals surface area contributed by atoms with E-state index in [1.54, 1.807) is 0 Å².